The molecule has 2 N–H and O–H groups in total. The van der Waals surface area contributed by atoms with E-state index in [0.717, 1.165) is 10.0 Å². The van der Waals surface area contributed by atoms with Crippen molar-refractivity contribution in [2.45, 2.75) is 13.0 Å². The van der Waals surface area contributed by atoms with Crippen molar-refractivity contribution in [1.29, 1.82) is 0 Å². The summed E-state index contributed by atoms with van der Waals surface area (Å²) in [5.74, 6) is -0.505. The highest BCUT2D eigenvalue weighted by atomic mass is 79.9. The Morgan fingerprint density at radius 3 is 2.56 bits per heavy atom. The Labute approximate surface area is 202 Å². The predicted molar refractivity (Wildman–Crippen MR) is 131 cm³/mol. The number of hydrogen-bond donors (Lipinski definition) is 1. The van der Waals surface area contributed by atoms with Crippen molar-refractivity contribution in [2.24, 2.45) is 5.73 Å². The maximum atomic E-state index is 13.7. The molecule has 170 valence electrons. The first-order chi connectivity index (χ1) is 16.3. The molecule has 1 atom stereocenters. The highest BCUT2D eigenvalue weighted by Crippen LogP contribution is 2.42. The van der Waals surface area contributed by atoms with E-state index in [0.29, 0.717) is 28.0 Å². The number of primary amides is 1. The molecule has 4 aromatic rings. The Bertz CT molecular complexity index is 1510. The summed E-state index contributed by atoms with van der Waals surface area (Å²) in [4.78, 5) is 39.9. The van der Waals surface area contributed by atoms with Crippen molar-refractivity contribution in [3.8, 4) is 5.75 Å². The number of aryl methyl sites for hydroxylation is 1. The Kier molecular flexibility index (Phi) is 5.45. The number of carbonyl (C=O) groups is 2. The van der Waals surface area contributed by atoms with Gasteiger partial charge in [0.25, 0.3) is 11.8 Å². The van der Waals surface area contributed by atoms with Gasteiger partial charge in [-0.1, -0.05) is 45.8 Å². The molecule has 2 heterocycles. The zero-order valence-electron chi connectivity index (χ0n) is 18.1. The minimum absolute atomic E-state index is 0.0281. The zero-order chi connectivity index (χ0) is 24.0. The molecule has 7 nitrogen and oxygen atoms in total. The van der Waals surface area contributed by atoms with Gasteiger partial charge >= 0.3 is 0 Å². The van der Waals surface area contributed by atoms with E-state index in [-0.39, 0.29) is 23.4 Å². The quantitative estimate of drug-likeness (QED) is 0.419. The van der Waals surface area contributed by atoms with Gasteiger partial charge in [-0.2, -0.15) is 0 Å². The number of anilines is 1. The summed E-state index contributed by atoms with van der Waals surface area (Å²) in [7, 11) is 0. The number of amides is 2. The molecule has 1 aliphatic rings. The van der Waals surface area contributed by atoms with E-state index < -0.39 is 17.9 Å². The van der Waals surface area contributed by atoms with Crippen LogP contribution in [0.4, 0.5) is 5.69 Å². The van der Waals surface area contributed by atoms with Gasteiger partial charge in [0.2, 0.25) is 5.76 Å². The lowest BCUT2D eigenvalue weighted by Crippen LogP contribution is -2.29. The fourth-order valence-corrected chi connectivity index (χ4v) is 4.58. The van der Waals surface area contributed by atoms with Crippen LogP contribution in [0.1, 0.15) is 33.3 Å². The Balaban J connectivity index is 1.70. The Hall–Kier alpha value is -3.91. The van der Waals surface area contributed by atoms with Gasteiger partial charge in [0, 0.05) is 10.2 Å². The molecule has 0 saturated carbocycles. The molecule has 0 fully saturated rings. The lowest BCUT2D eigenvalue weighted by molar-refractivity contribution is -0.119. The van der Waals surface area contributed by atoms with E-state index in [2.05, 4.69) is 15.9 Å². The first-order valence-electron chi connectivity index (χ1n) is 10.5. The molecular weight excluding hydrogens is 500 g/mol. The topological polar surface area (TPSA) is 103 Å². The number of ether oxygens (including phenoxy) is 1. The van der Waals surface area contributed by atoms with Crippen LogP contribution in [0.5, 0.6) is 5.75 Å². The van der Waals surface area contributed by atoms with E-state index in [1.807, 2.05) is 31.2 Å². The van der Waals surface area contributed by atoms with Gasteiger partial charge in [0.15, 0.2) is 12.0 Å². The van der Waals surface area contributed by atoms with E-state index in [1.165, 1.54) is 0 Å². The summed E-state index contributed by atoms with van der Waals surface area (Å²) in [5.41, 5.74) is 7.78. The van der Waals surface area contributed by atoms with Crippen LogP contribution in [0, 0.1) is 6.92 Å². The number of carbonyl (C=O) groups excluding carboxylic acids is 2. The SMILES string of the molecule is Cc1ccc2oc3c(c(=O)c2c1)C(c1ccc(OCC(N)=O)cc1)N(c1cccc(Br)c1)C3=O. The number of hydrogen-bond acceptors (Lipinski definition) is 5. The minimum atomic E-state index is -0.705. The molecule has 34 heavy (non-hydrogen) atoms. The Morgan fingerprint density at radius 1 is 1.09 bits per heavy atom. The summed E-state index contributed by atoms with van der Waals surface area (Å²) in [6, 6.07) is 18.8. The van der Waals surface area contributed by atoms with Gasteiger partial charge in [-0.3, -0.25) is 19.3 Å². The van der Waals surface area contributed by atoms with Crippen molar-refractivity contribution in [2.75, 3.05) is 11.5 Å². The first kappa shape index (κ1) is 21.9. The average Bonchev–Trinajstić information content (AvgIpc) is 3.11. The molecule has 0 radical (unpaired) electrons. The summed E-state index contributed by atoms with van der Waals surface area (Å²) in [6.45, 7) is 1.65. The molecule has 0 saturated heterocycles. The molecule has 0 aliphatic carbocycles. The molecule has 0 bridgehead atoms. The maximum absolute atomic E-state index is 13.7. The van der Waals surface area contributed by atoms with Crippen LogP contribution in [0.25, 0.3) is 11.0 Å². The van der Waals surface area contributed by atoms with Gasteiger partial charge in [-0.15, -0.1) is 0 Å². The summed E-state index contributed by atoms with van der Waals surface area (Å²) in [5, 5.41) is 0.425. The van der Waals surface area contributed by atoms with Crippen LogP contribution >= 0.6 is 15.9 Å². The van der Waals surface area contributed by atoms with Gasteiger partial charge in [-0.05, 0) is 55.0 Å². The van der Waals surface area contributed by atoms with E-state index in [4.69, 9.17) is 14.9 Å². The number of halogens is 1. The third kappa shape index (κ3) is 3.76. The third-order valence-corrected chi connectivity index (χ3v) is 6.18. The van der Waals surface area contributed by atoms with Crippen LogP contribution in [0.15, 0.2) is 80.4 Å². The van der Waals surface area contributed by atoms with Crippen molar-refractivity contribution in [3.63, 3.8) is 0 Å². The fourth-order valence-electron chi connectivity index (χ4n) is 4.20. The maximum Gasteiger partial charge on any atom is 0.295 e. The average molecular weight is 519 g/mol. The van der Waals surface area contributed by atoms with E-state index >= 15 is 0 Å². The number of benzene rings is 3. The second-order valence-electron chi connectivity index (χ2n) is 8.06. The van der Waals surface area contributed by atoms with Gasteiger partial charge in [-0.25, -0.2) is 0 Å². The first-order valence-corrected chi connectivity index (χ1v) is 11.3. The van der Waals surface area contributed by atoms with Crippen LogP contribution in [0.3, 0.4) is 0 Å². The molecular formula is C26H19BrN2O5. The zero-order valence-corrected chi connectivity index (χ0v) is 19.7. The van der Waals surface area contributed by atoms with Crippen LogP contribution in [-0.4, -0.2) is 18.4 Å². The van der Waals surface area contributed by atoms with Gasteiger partial charge in [0.1, 0.15) is 11.3 Å². The summed E-state index contributed by atoms with van der Waals surface area (Å²) < 4.78 is 12.1. The molecule has 1 aromatic heterocycles. The molecule has 2 amide bonds. The highest BCUT2D eigenvalue weighted by Gasteiger charge is 2.43. The largest absolute Gasteiger partial charge is 0.484 e. The van der Waals surface area contributed by atoms with Crippen molar-refractivity contribution in [1.82, 2.24) is 0 Å². The van der Waals surface area contributed by atoms with Crippen LogP contribution in [0.2, 0.25) is 0 Å². The molecule has 3 aromatic carbocycles. The fraction of sp³-hybridized carbons (Fsp3) is 0.115. The van der Waals surface area contributed by atoms with Crippen molar-refractivity contribution >= 4 is 44.4 Å². The number of rotatable bonds is 5. The molecule has 1 unspecified atom stereocenters. The summed E-state index contributed by atoms with van der Waals surface area (Å²) >= 11 is 3.46. The van der Waals surface area contributed by atoms with Crippen LogP contribution in [-0.2, 0) is 4.79 Å². The molecule has 1 aliphatic heterocycles. The number of nitrogens with zero attached hydrogens (tertiary/aromatic N) is 1. The molecule has 0 spiro atoms. The standard InChI is InChI=1S/C26H19BrN2O5/c1-14-5-10-20-19(11-14)24(31)22-23(15-6-8-18(9-7-15)33-13-21(28)30)29(26(32)25(22)34-20)17-4-2-3-16(27)12-17/h2-12,23H,13H2,1H3,(H2,28,30). The smallest absolute Gasteiger partial charge is 0.295 e. The highest BCUT2D eigenvalue weighted by molar-refractivity contribution is 9.10. The van der Waals surface area contributed by atoms with Gasteiger partial charge < -0.3 is 14.9 Å². The van der Waals surface area contributed by atoms with Crippen molar-refractivity contribution in [3.05, 3.63) is 104 Å². The summed E-state index contributed by atoms with van der Waals surface area (Å²) in [6.07, 6.45) is 0. The third-order valence-electron chi connectivity index (χ3n) is 5.69. The number of nitrogens with two attached hydrogens (primary N) is 1. The lowest BCUT2D eigenvalue weighted by Gasteiger charge is -2.25. The minimum Gasteiger partial charge on any atom is -0.484 e. The van der Waals surface area contributed by atoms with E-state index in [1.54, 1.807) is 47.4 Å². The second-order valence-corrected chi connectivity index (χ2v) is 8.97. The molecule has 5 rings (SSSR count). The lowest BCUT2D eigenvalue weighted by atomic mass is 9.98. The molecule has 8 heteroatoms. The second kappa shape index (κ2) is 8.46. The predicted octanol–water partition coefficient (Wildman–Crippen LogP) is 4.48. The van der Waals surface area contributed by atoms with Crippen LogP contribution < -0.4 is 20.8 Å². The normalized spacial score (nSPS) is 14.9. The van der Waals surface area contributed by atoms with Gasteiger partial charge in [0.05, 0.1) is 17.0 Å². The monoisotopic (exact) mass is 518 g/mol. The number of fused-ring (bicyclic) bond motifs is 2. The van der Waals surface area contributed by atoms with Crippen molar-refractivity contribution < 1.29 is 18.7 Å². The van der Waals surface area contributed by atoms with E-state index in [9.17, 15) is 14.4 Å². The Morgan fingerprint density at radius 2 is 1.85 bits per heavy atom.